The maximum absolute atomic E-state index is 12.0. The zero-order chi connectivity index (χ0) is 27.6. The Hall–Kier alpha value is -4.08. The van der Waals surface area contributed by atoms with E-state index in [0.29, 0.717) is 47.0 Å². The van der Waals surface area contributed by atoms with E-state index in [9.17, 15) is 9.59 Å². The van der Waals surface area contributed by atoms with Crippen LogP contribution in [0.2, 0.25) is 0 Å². The maximum Gasteiger partial charge on any atom is 0.240 e. The molecule has 0 atom stereocenters. The molecule has 0 aliphatic heterocycles. The van der Waals surface area contributed by atoms with Gasteiger partial charge in [0.1, 0.15) is 23.0 Å². The topological polar surface area (TPSA) is 120 Å². The van der Waals surface area contributed by atoms with Gasteiger partial charge in [-0.1, -0.05) is 25.7 Å². The smallest absolute Gasteiger partial charge is 0.240 e. The van der Waals surface area contributed by atoms with Crippen molar-refractivity contribution in [3.63, 3.8) is 0 Å². The van der Waals surface area contributed by atoms with Crippen molar-refractivity contribution in [2.24, 2.45) is 10.2 Å². The van der Waals surface area contributed by atoms with Crippen molar-refractivity contribution in [3.05, 3.63) is 47.5 Å². The Labute approximate surface area is 224 Å². The third-order valence-electron chi connectivity index (χ3n) is 5.72. The van der Waals surface area contributed by atoms with Crippen LogP contribution in [-0.4, -0.2) is 52.7 Å². The number of hydrazone groups is 2. The molecular formula is C28H38N4O6. The van der Waals surface area contributed by atoms with Gasteiger partial charge in [0.2, 0.25) is 11.8 Å². The molecule has 0 aliphatic rings. The van der Waals surface area contributed by atoms with E-state index in [-0.39, 0.29) is 11.8 Å². The van der Waals surface area contributed by atoms with Crippen LogP contribution in [-0.2, 0) is 9.59 Å². The van der Waals surface area contributed by atoms with Crippen LogP contribution in [0.25, 0.3) is 0 Å². The van der Waals surface area contributed by atoms with Crippen molar-refractivity contribution in [1.29, 1.82) is 0 Å². The van der Waals surface area contributed by atoms with Gasteiger partial charge in [0.05, 0.1) is 40.9 Å². The number of ether oxygens (including phenoxy) is 4. The minimum atomic E-state index is -0.132. The van der Waals surface area contributed by atoms with Crippen LogP contribution in [0, 0.1) is 0 Å². The van der Waals surface area contributed by atoms with Crippen LogP contribution < -0.4 is 29.8 Å². The monoisotopic (exact) mass is 526 g/mol. The molecule has 10 heteroatoms. The Morgan fingerprint density at radius 1 is 0.632 bits per heavy atom. The molecule has 0 unspecified atom stereocenters. The molecule has 0 heterocycles. The summed E-state index contributed by atoms with van der Waals surface area (Å²) in [7, 11) is 6.32. The Bertz CT molecular complexity index is 1000. The average Bonchev–Trinajstić information content (AvgIpc) is 2.94. The van der Waals surface area contributed by atoms with Crippen molar-refractivity contribution in [2.45, 2.75) is 51.4 Å². The number of nitrogens with one attached hydrogen (secondary N) is 2. The first-order chi connectivity index (χ1) is 18.5. The Balaban J connectivity index is 1.55. The molecule has 0 radical (unpaired) electrons. The van der Waals surface area contributed by atoms with Crippen molar-refractivity contribution in [2.75, 3.05) is 28.4 Å². The van der Waals surface area contributed by atoms with E-state index in [1.807, 2.05) is 0 Å². The van der Waals surface area contributed by atoms with E-state index in [0.717, 1.165) is 38.5 Å². The van der Waals surface area contributed by atoms with Crippen LogP contribution in [0.5, 0.6) is 23.0 Å². The molecule has 2 aromatic carbocycles. The van der Waals surface area contributed by atoms with Crippen LogP contribution >= 0.6 is 0 Å². The highest BCUT2D eigenvalue weighted by Crippen LogP contribution is 2.23. The fraction of sp³-hybridized carbons (Fsp3) is 0.429. The Kier molecular flexibility index (Phi) is 13.8. The van der Waals surface area contributed by atoms with Crippen LogP contribution in [0.15, 0.2) is 46.6 Å². The lowest BCUT2D eigenvalue weighted by Crippen LogP contribution is -2.17. The second-order valence-electron chi connectivity index (χ2n) is 8.42. The molecule has 0 aromatic heterocycles. The lowest BCUT2D eigenvalue weighted by molar-refractivity contribution is -0.122. The minimum absolute atomic E-state index is 0.132. The van der Waals surface area contributed by atoms with Gasteiger partial charge in [0.15, 0.2) is 0 Å². The van der Waals surface area contributed by atoms with E-state index in [1.165, 1.54) is 12.4 Å². The normalized spacial score (nSPS) is 10.9. The first-order valence-corrected chi connectivity index (χ1v) is 12.6. The van der Waals surface area contributed by atoms with Crippen LogP contribution in [0.3, 0.4) is 0 Å². The number of hydrogen-bond donors (Lipinski definition) is 2. The molecule has 0 spiro atoms. The summed E-state index contributed by atoms with van der Waals surface area (Å²) >= 11 is 0. The van der Waals surface area contributed by atoms with E-state index >= 15 is 0 Å². The molecule has 0 saturated carbocycles. The molecule has 2 N–H and O–H groups in total. The number of methoxy groups -OCH3 is 4. The first kappa shape index (κ1) is 30.1. The summed E-state index contributed by atoms with van der Waals surface area (Å²) in [4.78, 5) is 24.0. The number of nitrogens with zero attached hydrogens (tertiary/aromatic N) is 2. The molecule has 2 aromatic rings. The van der Waals surface area contributed by atoms with Gasteiger partial charge in [-0.15, -0.1) is 0 Å². The molecule has 206 valence electrons. The van der Waals surface area contributed by atoms with E-state index in [4.69, 9.17) is 18.9 Å². The van der Waals surface area contributed by atoms with Crippen molar-refractivity contribution in [3.8, 4) is 23.0 Å². The van der Waals surface area contributed by atoms with Crippen molar-refractivity contribution >= 4 is 24.2 Å². The molecule has 2 amide bonds. The molecule has 0 bridgehead atoms. The average molecular weight is 527 g/mol. The summed E-state index contributed by atoms with van der Waals surface area (Å²) in [6.07, 6.45) is 9.36. The van der Waals surface area contributed by atoms with Crippen molar-refractivity contribution < 1.29 is 28.5 Å². The number of carbonyl (C=O) groups is 2. The third kappa shape index (κ3) is 10.9. The van der Waals surface area contributed by atoms with Gasteiger partial charge >= 0.3 is 0 Å². The zero-order valence-electron chi connectivity index (χ0n) is 22.6. The number of unbranched alkanes of at least 4 members (excludes halogenated alkanes) is 5. The molecular weight excluding hydrogens is 488 g/mol. The highest BCUT2D eigenvalue weighted by Gasteiger charge is 2.05. The molecule has 0 saturated heterocycles. The molecule has 2 rings (SSSR count). The number of amides is 2. The van der Waals surface area contributed by atoms with Gasteiger partial charge in [-0.2, -0.15) is 10.2 Å². The first-order valence-electron chi connectivity index (χ1n) is 12.6. The number of carbonyl (C=O) groups excluding carboxylic acids is 2. The number of rotatable bonds is 17. The fourth-order valence-corrected chi connectivity index (χ4v) is 3.62. The lowest BCUT2D eigenvalue weighted by atomic mass is 10.1. The fourth-order valence-electron chi connectivity index (χ4n) is 3.62. The maximum atomic E-state index is 12.0. The van der Waals surface area contributed by atoms with E-state index in [1.54, 1.807) is 64.8 Å². The SMILES string of the molecule is COc1ccc(OC)c(C=NNC(=O)CCCCCCCCC(=O)NN=Cc2cc(OC)ccc2OC)c1. The van der Waals surface area contributed by atoms with E-state index in [2.05, 4.69) is 21.1 Å². The summed E-state index contributed by atoms with van der Waals surface area (Å²) in [6, 6.07) is 10.7. The van der Waals surface area contributed by atoms with Gasteiger partial charge in [-0.05, 0) is 49.2 Å². The summed E-state index contributed by atoms with van der Waals surface area (Å²) in [5.41, 5.74) is 6.52. The third-order valence-corrected chi connectivity index (χ3v) is 5.72. The summed E-state index contributed by atoms with van der Waals surface area (Å²) in [6.45, 7) is 0. The van der Waals surface area contributed by atoms with Gasteiger partial charge in [0, 0.05) is 24.0 Å². The van der Waals surface area contributed by atoms with Gasteiger partial charge in [-0.25, -0.2) is 10.9 Å². The molecule has 0 fully saturated rings. The quantitative estimate of drug-likeness (QED) is 0.179. The zero-order valence-corrected chi connectivity index (χ0v) is 22.6. The highest BCUT2D eigenvalue weighted by molar-refractivity contribution is 5.86. The van der Waals surface area contributed by atoms with Crippen LogP contribution in [0.1, 0.15) is 62.5 Å². The lowest BCUT2D eigenvalue weighted by Gasteiger charge is -2.07. The van der Waals surface area contributed by atoms with Crippen molar-refractivity contribution in [1.82, 2.24) is 10.9 Å². The largest absolute Gasteiger partial charge is 0.497 e. The predicted molar refractivity (Wildman–Crippen MR) is 148 cm³/mol. The van der Waals surface area contributed by atoms with Crippen LogP contribution in [0.4, 0.5) is 0 Å². The molecule has 10 nitrogen and oxygen atoms in total. The Morgan fingerprint density at radius 3 is 1.39 bits per heavy atom. The summed E-state index contributed by atoms with van der Waals surface area (Å²) in [5, 5.41) is 8.03. The number of hydrogen-bond acceptors (Lipinski definition) is 8. The second kappa shape index (κ2) is 17.4. The molecule has 38 heavy (non-hydrogen) atoms. The van der Waals surface area contributed by atoms with E-state index < -0.39 is 0 Å². The summed E-state index contributed by atoms with van der Waals surface area (Å²) in [5.74, 6) is 2.38. The van der Waals surface area contributed by atoms with Gasteiger partial charge in [0.25, 0.3) is 0 Å². The Morgan fingerprint density at radius 2 is 1.03 bits per heavy atom. The highest BCUT2D eigenvalue weighted by atomic mass is 16.5. The van der Waals surface area contributed by atoms with Gasteiger partial charge in [-0.3, -0.25) is 9.59 Å². The van der Waals surface area contributed by atoms with Gasteiger partial charge < -0.3 is 18.9 Å². The second-order valence-corrected chi connectivity index (χ2v) is 8.42. The number of benzene rings is 2. The molecule has 0 aliphatic carbocycles. The standard InChI is InChI=1S/C28H38N4O6/c1-35-23-13-15-25(37-3)21(17-23)19-29-31-27(33)11-9-7-5-6-8-10-12-28(34)32-30-20-22-18-24(36-2)14-16-26(22)38-4/h13-20H,5-12H2,1-4H3,(H,31,33)(H,32,34). The predicted octanol–water partition coefficient (Wildman–Crippen LogP) is 4.44. The minimum Gasteiger partial charge on any atom is -0.497 e. The summed E-state index contributed by atoms with van der Waals surface area (Å²) < 4.78 is 21.0.